The predicted octanol–water partition coefficient (Wildman–Crippen LogP) is 0.807. The second-order valence-corrected chi connectivity index (χ2v) is 3.81. The first kappa shape index (κ1) is 11.9. The van der Waals surface area contributed by atoms with Gasteiger partial charge in [0.25, 0.3) is 0 Å². The minimum absolute atomic E-state index is 0.180. The van der Waals surface area contributed by atoms with Gasteiger partial charge < -0.3 is 15.6 Å². The lowest BCUT2D eigenvalue weighted by Gasteiger charge is -2.08. The number of carboxylic acid groups (broad SMARTS) is 1. The monoisotopic (exact) mass is 274 g/mol. The molecule has 0 amide bonds. The fourth-order valence-electron chi connectivity index (χ4n) is 1.04. The number of nitrogens with zero attached hydrogens (tertiary/aromatic N) is 1. The number of nitrogens with two attached hydrogens (primary N) is 1. The molecule has 6 heteroatoms. The van der Waals surface area contributed by atoms with Gasteiger partial charge in [0.1, 0.15) is 11.8 Å². The van der Waals surface area contributed by atoms with Crippen LogP contribution in [0.1, 0.15) is 5.69 Å². The van der Waals surface area contributed by atoms with Gasteiger partial charge >= 0.3 is 5.97 Å². The lowest BCUT2D eigenvalue weighted by Crippen LogP contribution is -2.32. The first-order valence-electron chi connectivity index (χ1n) is 4.21. The third kappa shape index (κ3) is 3.17. The number of hydrogen-bond acceptors (Lipinski definition) is 4. The average molecular weight is 275 g/mol. The van der Waals surface area contributed by atoms with Crippen molar-refractivity contribution in [3.8, 4) is 5.75 Å². The molecule has 0 bridgehead atoms. The number of rotatable bonds is 4. The van der Waals surface area contributed by atoms with Crippen molar-refractivity contribution in [3.63, 3.8) is 0 Å². The molecule has 1 aromatic rings. The number of carboxylic acids is 1. The third-order valence-corrected chi connectivity index (χ3v) is 2.44. The van der Waals surface area contributed by atoms with Crippen LogP contribution < -0.4 is 10.5 Å². The second kappa shape index (κ2) is 5.09. The van der Waals surface area contributed by atoms with E-state index in [2.05, 4.69) is 20.9 Å². The van der Waals surface area contributed by atoms with Gasteiger partial charge in [-0.1, -0.05) is 0 Å². The average Bonchev–Trinajstić information content (AvgIpc) is 2.20. The Hall–Kier alpha value is -1.14. The van der Waals surface area contributed by atoms with Crippen LogP contribution in [0.5, 0.6) is 5.75 Å². The molecule has 0 aromatic carbocycles. The van der Waals surface area contributed by atoms with E-state index in [1.807, 2.05) is 0 Å². The highest BCUT2D eigenvalue weighted by molar-refractivity contribution is 9.10. The summed E-state index contributed by atoms with van der Waals surface area (Å²) in [4.78, 5) is 14.6. The summed E-state index contributed by atoms with van der Waals surface area (Å²) >= 11 is 3.25. The van der Waals surface area contributed by atoms with Crippen molar-refractivity contribution in [2.75, 3.05) is 7.11 Å². The lowest BCUT2D eigenvalue weighted by molar-refractivity contribution is -0.138. The number of ether oxygens (including phenoxy) is 1. The van der Waals surface area contributed by atoms with Crippen LogP contribution in [0.4, 0.5) is 0 Å². The SMILES string of the molecule is COc1cc(CC(N)C(=O)O)ncc1Br. The van der Waals surface area contributed by atoms with Gasteiger partial charge in [-0.25, -0.2) is 0 Å². The minimum Gasteiger partial charge on any atom is -0.495 e. The largest absolute Gasteiger partial charge is 0.495 e. The zero-order valence-electron chi connectivity index (χ0n) is 8.11. The van der Waals surface area contributed by atoms with E-state index in [0.717, 1.165) is 4.47 Å². The summed E-state index contributed by atoms with van der Waals surface area (Å²) in [7, 11) is 1.53. The van der Waals surface area contributed by atoms with E-state index < -0.39 is 12.0 Å². The van der Waals surface area contributed by atoms with Gasteiger partial charge in [-0.3, -0.25) is 9.78 Å². The summed E-state index contributed by atoms with van der Waals surface area (Å²) < 4.78 is 5.77. The molecule has 1 rings (SSSR count). The standard InChI is InChI=1S/C9H11BrN2O3/c1-15-8-3-5(12-4-6(8)10)2-7(11)9(13)14/h3-4,7H,2,11H2,1H3,(H,13,14). The molecule has 0 aliphatic rings. The first-order chi connectivity index (χ1) is 7.04. The van der Waals surface area contributed by atoms with Gasteiger partial charge in [-0.15, -0.1) is 0 Å². The summed E-state index contributed by atoms with van der Waals surface area (Å²) in [6.45, 7) is 0. The molecule has 0 radical (unpaired) electrons. The fraction of sp³-hybridized carbons (Fsp3) is 0.333. The van der Waals surface area contributed by atoms with Crippen LogP contribution in [0.3, 0.4) is 0 Å². The van der Waals surface area contributed by atoms with Crippen LogP contribution in [-0.2, 0) is 11.2 Å². The zero-order chi connectivity index (χ0) is 11.4. The molecule has 82 valence electrons. The molecule has 0 aliphatic heterocycles. The number of pyridine rings is 1. The number of aliphatic carboxylic acids is 1. The molecule has 1 aromatic heterocycles. The Morgan fingerprint density at radius 1 is 1.80 bits per heavy atom. The molecular formula is C9H11BrN2O3. The Morgan fingerprint density at radius 2 is 2.47 bits per heavy atom. The topological polar surface area (TPSA) is 85.4 Å². The van der Waals surface area contributed by atoms with Crippen LogP contribution >= 0.6 is 15.9 Å². The molecular weight excluding hydrogens is 264 g/mol. The van der Waals surface area contributed by atoms with Gasteiger partial charge in [0.15, 0.2) is 0 Å². The highest BCUT2D eigenvalue weighted by Gasteiger charge is 2.14. The van der Waals surface area contributed by atoms with E-state index in [9.17, 15) is 4.79 Å². The second-order valence-electron chi connectivity index (χ2n) is 2.96. The van der Waals surface area contributed by atoms with E-state index in [0.29, 0.717) is 11.4 Å². The van der Waals surface area contributed by atoms with Crippen molar-refractivity contribution >= 4 is 21.9 Å². The van der Waals surface area contributed by atoms with E-state index >= 15 is 0 Å². The van der Waals surface area contributed by atoms with Crippen LogP contribution in [0.25, 0.3) is 0 Å². The van der Waals surface area contributed by atoms with Crippen molar-refractivity contribution in [2.45, 2.75) is 12.5 Å². The summed E-state index contributed by atoms with van der Waals surface area (Å²) in [6.07, 6.45) is 1.74. The Labute approximate surface area is 95.4 Å². The highest BCUT2D eigenvalue weighted by atomic mass is 79.9. The summed E-state index contributed by atoms with van der Waals surface area (Å²) in [5.41, 5.74) is 5.97. The van der Waals surface area contributed by atoms with Crippen molar-refractivity contribution in [2.24, 2.45) is 5.73 Å². The molecule has 1 unspecified atom stereocenters. The van der Waals surface area contributed by atoms with E-state index in [1.54, 1.807) is 12.3 Å². The number of methoxy groups -OCH3 is 1. The Bertz CT molecular complexity index is 370. The molecule has 1 atom stereocenters. The maximum absolute atomic E-state index is 10.5. The molecule has 0 fully saturated rings. The molecule has 3 N–H and O–H groups in total. The predicted molar refractivity (Wildman–Crippen MR) is 57.8 cm³/mol. The van der Waals surface area contributed by atoms with Gasteiger partial charge in [-0.05, 0) is 15.9 Å². The molecule has 0 spiro atoms. The number of carbonyl (C=O) groups is 1. The summed E-state index contributed by atoms with van der Waals surface area (Å²) in [5, 5.41) is 8.63. The van der Waals surface area contributed by atoms with Crippen molar-refractivity contribution < 1.29 is 14.6 Å². The molecule has 1 heterocycles. The number of hydrogen-bond donors (Lipinski definition) is 2. The van der Waals surface area contributed by atoms with Crippen molar-refractivity contribution in [3.05, 3.63) is 22.4 Å². The van der Waals surface area contributed by atoms with Crippen molar-refractivity contribution in [1.29, 1.82) is 0 Å². The van der Waals surface area contributed by atoms with E-state index in [-0.39, 0.29) is 6.42 Å². The van der Waals surface area contributed by atoms with Crippen LogP contribution in [0.15, 0.2) is 16.7 Å². The molecule has 0 saturated carbocycles. The molecule has 0 saturated heterocycles. The Balaban J connectivity index is 2.83. The van der Waals surface area contributed by atoms with Gasteiger partial charge in [0.05, 0.1) is 11.6 Å². The molecule has 15 heavy (non-hydrogen) atoms. The maximum atomic E-state index is 10.5. The lowest BCUT2D eigenvalue weighted by atomic mass is 10.1. The smallest absolute Gasteiger partial charge is 0.320 e. The first-order valence-corrected chi connectivity index (χ1v) is 5.00. The van der Waals surface area contributed by atoms with Gasteiger partial charge in [-0.2, -0.15) is 0 Å². The summed E-state index contributed by atoms with van der Waals surface area (Å²) in [6, 6.07) is 0.718. The molecule has 5 nitrogen and oxygen atoms in total. The van der Waals surface area contributed by atoms with Gasteiger partial charge in [0.2, 0.25) is 0 Å². The van der Waals surface area contributed by atoms with Crippen molar-refractivity contribution in [1.82, 2.24) is 4.98 Å². The number of aromatic nitrogens is 1. The molecule has 0 aliphatic carbocycles. The Kier molecular flexibility index (Phi) is 4.05. The van der Waals surface area contributed by atoms with Crippen LogP contribution in [0.2, 0.25) is 0 Å². The number of halogens is 1. The van der Waals surface area contributed by atoms with E-state index in [1.165, 1.54) is 7.11 Å². The van der Waals surface area contributed by atoms with Crippen LogP contribution in [-0.4, -0.2) is 29.2 Å². The maximum Gasteiger partial charge on any atom is 0.320 e. The summed E-state index contributed by atoms with van der Waals surface area (Å²) in [5.74, 6) is -0.434. The fourth-order valence-corrected chi connectivity index (χ4v) is 1.42. The third-order valence-electron chi connectivity index (χ3n) is 1.84. The highest BCUT2D eigenvalue weighted by Crippen LogP contribution is 2.24. The van der Waals surface area contributed by atoms with Gasteiger partial charge in [0, 0.05) is 24.4 Å². The minimum atomic E-state index is -1.04. The van der Waals surface area contributed by atoms with Crippen LogP contribution in [0, 0.1) is 0 Å². The zero-order valence-corrected chi connectivity index (χ0v) is 9.69. The van der Waals surface area contributed by atoms with E-state index in [4.69, 9.17) is 15.6 Å². The quantitative estimate of drug-likeness (QED) is 0.849. The normalized spacial score (nSPS) is 12.2. The Morgan fingerprint density at radius 3 is 3.00 bits per heavy atom.